The summed E-state index contributed by atoms with van der Waals surface area (Å²) in [5.74, 6) is -3.20. The molecule has 0 spiro atoms. The molecule has 44 heavy (non-hydrogen) atoms. The Morgan fingerprint density at radius 2 is 1.64 bits per heavy atom. The Bertz CT molecular complexity index is 1680. The number of rotatable bonds is 8. The number of anilines is 2. The number of nitrogens with one attached hydrogen (secondary N) is 2. The third kappa shape index (κ3) is 7.68. The van der Waals surface area contributed by atoms with Crippen molar-refractivity contribution in [3.8, 4) is 0 Å². The van der Waals surface area contributed by atoms with Crippen molar-refractivity contribution in [2.24, 2.45) is 0 Å². The Hall–Kier alpha value is -4.56. The number of carboxylic acid groups (broad SMARTS) is 1. The van der Waals surface area contributed by atoms with Crippen molar-refractivity contribution in [2.45, 2.75) is 45.0 Å². The number of aliphatic carboxylic acids is 1. The van der Waals surface area contributed by atoms with Crippen LogP contribution < -0.4 is 15.5 Å². The topological polar surface area (TPSA) is 132 Å². The maximum atomic E-state index is 13.9. The summed E-state index contributed by atoms with van der Waals surface area (Å²) in [4.78, 5) is 42.0. The molecule has 4 rings (SSSR count). The van der Waals surface area contributed by atoms with Gasteiger partial charge >= 0.3 is 18.2 Å². The number of aliphatic hydroxyl groups is 1. The summed E-state index contributed by atoms with van der Waals surface area (Å²) < 4.78 is 54.2. The van der Waals surface area contributed by atoms with Gasteiger partial charge in [-0.25, -0.2) is 19.0 Å². The fourth-order valence-electron chi connectivity index (χ4n) is 4.17. The summed E-state index contributed by atoms with van der Waals surface area (Å²) in [6.45, 7) is 5.57. The highest BCUT2D eigenvalue weighted by atomic mass is 32.1. The fraction of sp³-hybridized carbons (Fsp3) is 0.267. The molecule has 3 aromatic carbocycles. The number of amides is 3. The molecule has 0 fully saturated rings. The van der Waals surface area contributed by atoms with E-state index in [1.807, 2.05) is 32.9 Å². The first-order valence-corrected chi connectivity index (χ1v) is 14.0. The van der Waals surface area contributed by atoms with E-state index in [0.29, 0.717) is 28.7 Å². The van der Waals surface area contributed by atoms with Crippen molar-refractivity contribution in [1.29, 1.82) is 0 Å². The molecule has 0 saturated heterocycles. The number of nitrogens with zero attached hydrogens (tertiary/aromatic N) is 2. The lowest BCUT2D eigenvalue weighted by atomic mass is 9.87. The molecule has 0 unspecified atom stereocenters. The van der Waals surface area contributed by atoms with Crippen LogP contribution in [0, 0.1) is 5.82 Å². The lowest BCUT2D eigenvalue weighted by Crippen LogP contribution is -2.36. The van der Waals surface area contributed by atoms with Crippen LogP contribution in [0.4, 0.5) is 33.2 Å². The van der Waals surface area contributed by atoms with E-state index in [4.69, 9.17) is 5.11 Å². The molecule has 0 aliphatic rings. The Balaban J connectivity index is 1.61. The molecule has 0 aliphatic heterocycles. The monoisotopic (exact) mass is 632 g/mol. The molecule has 4 N–H and O–H groups in total. The van der Waals surface area contributed by atoms with Gasteiger partial charge in [-0.1, -0.05) is 56.4 Å². The zero-order valence-corrected chi connectivity index (χ0v) is 24.5. The van der Waals surface area contributed by atoms with Crippen LogP contribution in [-0.4, -0.2) is 45.8 Å². The second kappa shape index (κ2) is 12.6. The van der Waals surface area contributed by atoms with Crippen LogP contribution in [0.25, 0.3) is 10.2 Å². The Morgan fingerprint density at radius 3 is 2.20 bits per heavy atom. The predicted molar refractivity (Wildman–Crippen MR) is 157 cm³/mol. The number of aromatic nitrogens is 1. The highest BCUT2D eigenvalue weighted by Crippen LogP contribution is 2.39. The molecule has 0 radical (unpaired) electrons. The van der Waals surface area contributed by atoms with Crippen molar-refractivity contribution >= 4 is 50.3 Å². The van der Waals surface area contributed by atoms with E-state index in [1.54, 1.807) is 24.3 Å². The third-order valence-electron chi connectivity index (χ3n) is 6.56. The molecular weight excluding hydrogens is 604 g/mol. The summed E-state index contributed by atoms with van der Waals surface area (Å²) in [6, 6.07) is 13.7. The number of hydrogen-bond donors (Lipinski definition) is 4. The average molecular weight is 633 g/mol. The molecule has 4 aromatic rings. The highest BCUT2D eigenvalue weighted by molar-refractivity contribution is 7.22. The van der Waals surface area contributed by atoms with Crippen molar-refractivity contribution in [3.63, 3.8) is 0 Å². The minimum Gasteiger partial charge on any atom is -0.479 e. The summed E-state index contributed by atoms with van der Waals surface area (Å²) in [7, 11) is 0. The van der Waals surface area contributed by atoms with Gasteiger partial charge in [0.15, 0.2) is 11.2 Å². The van der Waals surface area contributed by atoms with Crippen LogP contribution in [0.1, 0.15) is 47.8 Å². The second-order valence-corrected chi connectivity index (χ2v) is 11.9. The Labute approximate surface area is 253 Å². The van der Waals surface area contributed by atoms with Gasteiger partial charge in [0.2, 0.25) is 0 Å². The fourth-order valence-corrected chi connectivity index (χ4v) is 5.14. The van der Waals surface area contributed by atoms with Gasteiger partial charge in [0.1, 0.15) is 5.82 Å². The minimum absolute atomic E-state index is 0.0202. The van der Waals surface area contributed by atoms with E-state index in [2.05, 4.69) is 15.6 Å². The number of benzene rings is 3. The molecule has 14 heteroatoms. The quantitative estimate of drug-likeness (QED) is 0.172. The van der Waals surface area contributed by atoms with Gasteiger partial charge in [-0.15, -0.1) is 0 Å². The first-order chi connectivity index (χ1) is 20.5. The van der Waals surface area contributed by atoms with Crippen LogP contribution >= 0.6 is 11.3 Å². The van der Waals surface area contributed by atoms with Crippen molar-refractivity contribution < 1.29 is 42.2 Å². The van der Waals surface area contributed by atoms with E-state index in [0.717, 1.165) is 11.6 Å². The number of carbonyl (C=O) groups is 3. The van der Waals surface area contributed by atoms with Gasteiger partial charge in [-0.2, -0.15) is 13.2 Å². The van der Waals surface area contributed by atoms with Gasteiger partial charge < -0.3 is 15.5 Å². The van der Waals surface area contributed by atoms with Crippen LogP contribution in [-0.2, 0) is 22.9 Å². The maximum Gasteiger partial charge on any atom is 0.417 e. The number of carbonyl (C=O) groups excluding carboxylic acids is 2. The van der Waals surface area contributed by atoms with Gasteiger partial charge in [-0.05, 0) is 46.9 Å². The van der Waals surface area contributed by atoms with Gasteiger partial charge in [0, 0.05) is 17.3 Å². The van der Waals surface area contributed by atoms with Gasteiger partial charge in [-0.3, -0.25) is 15.0 Å². The number of urea groups is 1. The van der Waals surface area contributed by atoms with E-state index in [1.165, 1.54) is 17.0 Å². The normalized spacial score (nSPS) is 12.5. The molecule has 0 saturated carbocycles. The van der Waals surface area contributed by atoms with Crippen LogP contribution in [0.5, 0.6) is 0 Å². The molecule has 1 atom stereocenters. The molecule has 1 heterocycles. The van der Waals surface area contributed by atoms with Crippen LogP contribution in [0.2, 0.25) is 0 Å². The average Bonchev–Trinajstić information content (AvgIpc) is 3.34. The number of fused-ring (bicyclic) bond motifs is 1. The number of halogens is 4. The Morgan fingerprint density at radius 1 is 1.00 bits per heavy atom. The zero-order valence-electron chi connectivity index (χ0n) is 23.7. The minimum atomic E-state index is -4.83. The summed E-state index contributed by atoms with van der Waals surface area (Å²) in [5.41, 5.74) is 0.604. The highest BCUT2D eigenvalue weighted by Gasteiger charge is 2.35. The number of aliphatic hydroxyl groups excluding tert-OH is 1. The standard InChI is InChI=1S/C30H28F4N4O5S/c1-29(2,3)18-8-10-20(11-9-18)38(15-16-4-6-17(7-5-16)25(40)35-14-23(39)26(41)42)28(43)37-27-36-22-13-19(31)12-21(24(22)44-27)30(32,33)34/h4-13,23,39H,14-15H2,1-3H3,(H,35,40)(H,41,42)(H,36,37,43)/t23-/m1/s1. The first-order valence-electron chi connectivity index (χ1n) is 13.2. The van der Waals surface area contributed by atoms with E-state index < -0.39 is 48.1 Å². The lowest BCUT2D eigenvalue weighted by Gasteiger charge is -2.25. The maximum absolute atomic E-state index is 13.9. The van der Waals surface area contributed by atoms with Crippen LogP contribution in [0.3, 0.4) is 0 Å². The van der Waals surface area contributed by atoms with E-state index in [-0.39, 0.29) is 32.9 Å². The molecule has 0 bridgehead atoms. The SMILES string of the molecule is CC(C)(C)c1ccc(N(Cc2ccc(C(=O)NC[C@@H](O)C(=O)O)cc2)C(=O)Nc2nc3cc(F)cc(C(F)(F)F)c3s2)cc1. The molecular formula is C30H28F4N4O5S. The van der Waals surface area contributed by atoms with Crippen molar-refractivity contribution in [3.05, 3.63) is 88.7 Å². The summed E-state index contributed by atoms with van der Waals surface area (Å²) in [6.07, 6.45) is -6.59. The zero-order chi connectivity index (χ0) is 32.4. The lowest BCUT2D eigenvalue weighted by molar-refractivity contribution is -0.146. The first kappa shape index (κ1) is 32.4. The number of thiazole rings is 1. The molecule has 0 aliphatic carbocycles. The van der Waals surface area contributed by atoms with Crippen molar-refractivity contribution in [1.82, 2.24) is 10.3 Å². The number of carboxylic acids is 1. The molecule has 1 aromatic heterocycles. The summed E-state index contributed by atoms with van der Waals surface area (Å²) in [5, 5.41) is 22.8. The smallest absolute Gasteiger partial charge is 0.417 e. The van der Waals surface area contributed by atoms with Gasteiger partial charge in [0.05, 0.1) is 28.9 Å². The van der Waals surface area contributed by atoms with E-state index in [9.17, 15) is 37.1 Å². The summed E-state index contributed by atoms with van der Waals surface area (Å²) >= 11 is 0.571. The molecule has 3 amide bonds. The Kier molecular flexibility index (Phi) is 9.25. The van der Waals surface area contributed by atoms with Crippen LogP contribution in [0.15, 0.2) is 60.7 Å². The van der Waals surface area contributed by atoms with Gasteiger partial charge in [0.25, 0.3) is 5.91 Å². The van der Waals surface area contributed by atoms with E-state index >= 15 is 0 Å². The number of alkyl halides is 3. The molecule has 232 valence electrons. The number of hydrogen-bond acceptors (Lipinski definition) is 6. The second-order valence-electron chi connectivity index (χ2n) is 10.9. The predicted octanol–water partition coefficient (Wildman–Crippen LogP) is 6.17. The third-order valence-corrected chi connectivity index (χ3v) is 7.58. The largest absolute Gasteiger partial charge is 0.479 e. The van der Waals surface area contributed by atoms with Crippen molar-refractivity contribution in [2.75, 3.05) is 16.8 Å². The molecule has 9 nitrogen and oxygen atoms in total.